The molecular formula is C19H28N4O3S. The summed E-state index contributed by atoms with van der Waals surface area (Å²) in [6.45, 7) is 3.83. The number of carbonyl (C=O) groups is 3. The van der Waals surface area contributed by atoms with E-state index in [0.717, 1.165) is 25.8 Å². The SMILES string of the molecule is CN(C)C(=O)CN1CCCN(C(=O)[C@@H]2CCCN2C(=O)c2cccs2)CC1. The van der Waals surface area contributed by atoms with E-state index in [0.29, 0.717) is 37.6 Å². The molecule has 2 fully saturated rings. The molecule has 0 aromatic carbocycles. The summed E-state index contributed by atoms with van der Waals surface area (Å²) in [6.07, 6.45) is 2.44. The first-order valence-corrected chi connectivity index (χ1v) is 10.4. The van der Waals surface area contributed by atoms with Crippen LogP contribution in [-0.4, -0.2) is 96.7 Å². The van der Waals surface area contributed by atoms with Gasteiger partial charge in [-0.2, -0.15) is 0 Å². The first kappa shape index (κ1) is 19.8. The molecule has 0 spiro atoms. The van der Waals surface area contributed by atoms with Gasteiger partial charge in [0, 0.05) is 46.8 Å². The second-order valence-corrected chi connectivity index (χ2v) is 8.32. The standard InChI is InChI=1S/C19H28N4O3S/c1-20(2)17(24)14-21-8-5-9-22(12-11-21)18(25)15-6-3-10-23(15)19(26)16-7-4-13-27-16/h4,7,13,15H,3,5-6,8-12,14H2,1-2H3/t15-/m0/s1. The van der Waals surface area contributed by atoms with Crippen LogP contribution in [0.1, 0.15) is 28.9 Å². The Hall–Kier alpha value is -1.93. The van der Waals surface area contributed by atoms with Gasteiger partial charge in [0.25, 0.3) is 5.91 Å². The smallest absolute Gasteiger partial charge is 0.264 e. The first-order valence-electron chi connectivity index (χ1n) is 9.53. The largest absolute Gasteiger partial charge is 0.348 e. The van der Waals surface area contributed by atoms with Gasteiger partial charge >= 0.3 is 0 Å². The van der Waals surface area contributed by atoms with Crippen molar-refractivity contribution in [3.63, 3.8) is 0 Å². The quantitative estimate of drug-likeness (QED) is 0.766. The van der Waals surface area contributed by atoms with Crippen LogP contribution in [0.15, 0.2) is 17.5 Å². The zero-order chi connectivity index (χ0) is 19.4. The Morgan fingerprint density at radius 1 is 1.11 bits per heavy atom. The van der Waals surface area contributed by atoms with Crippen molar-refractivity contribution in [2.45, 2.75) is 25.3 Å². The summed E-state index contributed by atoms with van der Waals surface area (Å²) < 4.78 is 0. The van der Waals surface area contributed by atoms with Crippen LogP contribution >= 0.6 is 11.3 Å². The first-order chi connectivity index (χ1) is 13.0. The van der Waals surface area contributed by atoms with Crippen LogP contribution in [0.5, 0.6) is 0 Å². The van der Waals surface area contributed by atoms with Crippen LogP contribution < -0.4 is 0 Å². The van der Waals surface area contributed by atoms with Gasteiger partial charge in [-0.1, -0.05) is 6.07 Å². The molecule has 1 atom stereocenters. The predicted octanol–water partition coefficient (Wildman–Crippen LogP) is 0.975. The van der Waals surface area contributed by atoms with Crippen molar-refractivity contribution >= 4 is 29.1 Å². The van der Waals surface area contributed by atoms with E-state index >= 15 is 0 Å². The van der Waals surface area contributed by atoms with Gasteiger partial charge < -0.3 is 14.7 Å². The monoisotopic (exact) mass is 392 g/mol. The fourth-order valence-corrected chi connectivity index (χ4v) is 4.38. The lowest BCUT2D eigenvalue weighted by molar-refractivity contribution is -0.135. The fourth-order valence-electron chi connectivity index (χ4n) is 3.70. The molecule has 3 amide bonds. The lowest BCUT2D eigenvalue weighted by Crippen LogP contribution is -2.48. The van der Waals surface area contributed by atoms with E-state index in [4.69, 9.17) is 0 Å². The minimum Gasteiger partial charge on any atom is -0.348 e. The Balaban J connectivity index is 1.60. The zero-order valence-electron chi connectivity index (χ0n) is 16.1. The third kappa shape index (κ3) is 4.68. The zero-order valence-corrected chi connectivity index (χ0v) is 16.9. The summed E-state index contributed by atoms with van der Waals surface area (Å²) in [5, 5.41) is 1.89. The molecule has 148 valence electrons. The van der Waals surface area contributed by atoms with E-state index in [1.807, 2.05) is 22.4 Å². The lowest BCUT2D eigenvalue weighted by atomic mass is 10.2. The van der Waals surface area contributed by atoms with Crippen molar-refractivity contribution < 1.29 is 14.4 Å². The summed E-state index contributed by atoms with van der Waals surface area (Å²) in [6, 6.07) is 3.33. The van der Waals surface area contributed by atoms with Gasteiger partial charge in [0.2, 0.25) is 11.8 Å². The second-order valence-electron chi connectivity index (χ2n) is 7.38. The summed E-state index contributed by atoms with van der Waals surface area (Å²) in [5.74, 6) is 0.102. The van der Waals surface area contributed by atoms with E-state index in [1.165, 1.54) is 11.3 Å². The van der Waals surface area contributed by atoms with Crippen molar-refractivity contribution in [1.82, 2.24) is 19.6 Å². The van der Waals surface area contributed by atoms with Gasteiger partial charge in [-0.05, 0) is 30.7 Å². The summed E-state index contributed by atoms with van der Waals surface area (Å²) in [4.78, 5) is 45.8. The van der Waals surface area contributed by atoms with E-state index < -0.39 is 0 Å². The molecule has 0 saturated carbocycles. The van der Waals surface area contributed by atoms with Gasteiger partial charge in [-0.3, -0.25) is 19.3 Å². The minimum absolute atomic E-state index is 0.0334. The number of carbonyl (C=O) groups excluding carboxylic acids is 3. The molecule has 27 heavy (non-hydrogen) atoms. The molecule has 1 aromatic rings. The summed E-state index contributed by atoms with van der Waals surface area (Å²) >= 11 is 1.42. The Morgan fingerprint density at radius 3 is 2.63 bits per heavy atom. The van der Waals surface area contributed by atoms with Crippen molar-refractivity contribution in [2.24, 2.45) is 0 Å². The molecule has 0 aliphatic carbocycles. The Bertz CT molecular complexity index is 677. The van der Waals surface area contributed by atoms with Crippen molar-refractivity contribution in [2.75, 3.05) is 53.4 Å². The molecule has 3 heterocycles. The number of hydrogen-bond acceptors (Lipinski definition) is 5. The highest BCUT2D eigenvalue weighted by Gasteiger charge is 2.37. The fraction of sp³-hybridized carbons (Fsp3) is 0.632. The lowest BCUT2D eigenvalue weighted by Gasteiger charge is -2.29. The van der Waals surface area contributed by atoms with Crippen LogP contribution in [0.4, 0.5) is 0 Å². The van der Waals surface area contributed by atoms with Gasteiger partial charge in [0.1, 0.15) is 6.04 Å². The Morgan fingerprint density at radius 2 is 1.93 bits per heavy atom. The third-order valence-electron chi connectivity index (χ3n) is 5.29. The molecule has 8 heteroatoms. The molecule has 0 unspecified atom stereocenters. The normalized spacial score (nSPS) is 21.2. The molecule has 2 saturated heterocycles. The highest BCUT2D eigenvalue weighted by Crippen LogP contribution is 2.24. The maximum Gasteiger partial charge on any atom is 0.264 e. The second kappa shape index (κ2) is 8.84. The van der Waals surface area contributed by atoms with Gasteiger partial charge in [-0.25, -0.2) is 0 Å². The van der Waals surface area contributed by atoms with Gasteiger partial charge in [0.05, 0.1) is 11.4 Å². The molecule has 0 N–H and O–H groups in total. The Kier molecular flexibility index (Phi) is 6.49. The molecular weight excluding hydrogens is 364 g/mol. The van der Waals surface area contributed by atoms with Gasteiger partial charge in [-0.15, -0.1) is 11.3 Å². The van der Waals surface area contributed by atoms with E-state index in [1.54, 1.807) is 23.9 Å². The number of likely N-dealkylation sites (N-methyl/N-ethyl adjacent to an activating group) is 1. The number of thiophene rings is 1. The van der Waals surface area contributed by atoms with Crippen LogP contribution in [0.3, 0.4) is 0 Å². The predicted molar refractivity (Wildman–Crippen MR) is 105 cm³/mol. The van der Waals surface area contributed by atoms with Crippen LogP contribution in [0.2, 0.25) is 0 Å². The Labute approximate surface area is 164 Å². The van der Waals surface area contributed by atoms with E-state index in [-0.39, 0.29) is 23.8 Å². The number of rotatable bonds is 4. The molecule has 7 nitrogen and oxygen atoms in total. The molecule has 1 aromatic heterocycles. The number of amides is 3. The molecule has 3 rings (SSSR count). The highest BCUT2D eigenvalue weighted by atomic mass is 32.1. The van der Waals surface area contributed by atoms with Crippen molar-refractivity contribution in [1.29, 1.82) is 0 Å². The van der Waals surface area contributed by atoms with Crippen LogP contribution in [0.25, 0.3) is 0 Å². The van der Waals surface area contributed by atoms with E-state index in [9.17, 15) is 14.4 Å². The van der Waals surface area contributed by atoms with Crippen LogP contribution in [0, 0.1) is 0 Å². The summed E-state index contributed by atoms with van der Waals surface area (Å²) in [7, 11) is 3.52. The minimum atomic E-state index is -0.352. The van der Waals surface area contributed by atoms with Crippen LogP contribution in [-0.2, 0) is 9.59 Å². The maximum absolute atomic E-state index is 13.1. The number of nitrogens with zero attached hydrogens (tertiary/aromatic N) is 4. The van der Waals surface area contributed by atoms with Crippen molar-refractivity contribution in [3.05, 3.63) is 22.4 Å². The van der Waals surface area contributed by atoms with Gasteiger partial charge in [0.15, 0.2) is 0 Å². The van der Waals surface area contributed by atoms with Crippen molar-refractivity contribution in [3.8, 4) is 0 Å². The number of likely N-dealkylation sites (tertiary alicyclic amines) is 1. The third-order valence-corrected chi connectivity index (χ3v) is 6.15. The molecule has 2 aliphatic heterocycles. The highest BCUT2D eigenvalue weighted by molar-refractivity contribution is 7.12. The average Bonchev–Trinajstić information content (AvgIpc) is 3.30. The molecule has 2 aliphatic rings. The topological polar surface area (TPSA) is 64.2 Å². The molecule has 0 radical (unpaired) electrons. The van der Waals surface area contributed by atoms with E-state index in [2.05, 4.69) is 4.90 Å². The number of hydrogen-bond donors (Lipinski definition) is 0. The maximum atomic E-state index is 13.1. The average molecular weight is 393 g/mol. The molecule has 0 bridgehead atoms. The summed E-state index contributed by atoms with van der Waals surface area (Å²) in [5.41, 5.74) is 0.